The molecule has 2 fully saturated rings. The number of hydrogen-bond donors (Lipinski definition) is 3. The topological polar surface area (TPSA) is 98.7 Å². The molecule has 3 aliphatic rings. The van der Waals surface area contributed by atoms with E-state index in [4.69, 9.17) is 11.6 Å². The summed E-state index contributed by atoms with van der Waals surface area (Å²) in [7, 11) is 0. The molecule has 1 aromatic carbocycles. The van der Waals surface area contributed by atoms with Crippen LogP contribution in [0.3, 0.4) is 0 Å². The van der Waals surface area contributed by atoms with Crippen LogP contribution in [0.2, 0.25) is 5.02 Å². The number of urea groups is 1. The number of imide groups is 1. The first-order valence-corrected chi connectivity index (χ1v) is 9.84. The minimum atomic E-state index is -4.61. The number of aliphatic hydroxyl groups excluding tert-OH is 1. The zero-order valence-electron chi connectivity index (χ0n) is 15.7. The molecule has 4 amide bonds. The second kappa shape index (κ2) is 7.12. The van der Waals surface area contributed by atoms with Crippen molar-refractivity contribution < 1.29 is 32.7 Å². The molecule has 0 aromatic heterocycles. The van der Waals surface area contributed by atoms with Crippen LogP contribution in [0, 0.1) is 11.8 Å². The van der Waals surface area contributed by atoms with Gasteiger partial charge < -0.3 is 15.3 Å². The Kier molecular flexibility index (Phi) is 4.97. The lowest BCUT2D eigenvalue weighted by Crippen LogP contribution is -2.52. The molecule has 7 nitrogen and oxygen atoms in total. The van der Waals surface area contributed by atoms with Gasteiger partial charge in [0.2, 0.25) is 5.91 Å². The molecular weight excluding hydrogens is 427 g/mol. The lowest BCUT2D eigenvalue weighted by molar-refractivity contribution is -0.139. The summed E-state index contributed by atoms with van der Waals surface area (Å²) in [4.78, 5) is 38.5. The van der Waals surface area contributed by atoms with E-state index in [0.29, 0.717) is 24.0 Å². The largest absolute Gasteiger partial charge is 0.417 e. The Morgan fingerprint density at radius 3 is 2.40 bits per heavy atom. The minimum Gasteiger partial charge on any atom is -0.396 e. The number of alkyl halides is 3. The van der Waals surface area contributed by atoms with Gasteiger partial charge in [-0.25, -0.2) is 4.79 Å². The van der Waals surface area contributed by atoms with Gasteiger partial charge >= 0.3 is 12.2 Å². The zero-order chi connectivity index (χ0) is 21.8. The number of rotatable bonds is 5. The number of nitrogens with zero attached hydrogens (tertiary/aromatic N) is 1. The van der Waals surface area contributed by atoms with Gasteiger partial charge in [-0.1, -0.05) is 11.6 Å². The Labute approximate surface area is 174 Å². The summed E-state index contributed by atoms with van der Waals surface area (Å²) in [6.45, 7) is -0.560. The summed E-state index contributed by atoms with van der Waals surface area (Å²) in [6, 6.07) is 1.51. The quantitative estimate of drug-likeness (QED) is 0.605. The number of hydrogen-bond acceptors (Lipinski definition) is 4. The fourth-order valence-corrected chi connectivity index (χ4v) is 4.64. The molecule has 162 valence electrons. The van der Waals surface area contributed by atoms with E-state index >= 15 is 0 Å². The molecule has 4 rings (SSSR count). The van der Waals surface area contributed by atoms with Crippen molar-refractivity contribution in [3.05, 3.63) is 33.8 Å². The van der Waals surface area contributed by atoms with Gasteiger partial charge in [0, 0.05) is 13.1 Å². The van der Waals surface area contributed by atoms with Gasteiger partial charge in [0.25, 0.3) is 5.91 Å². The molecule has 0 bridgehead atoms. The van der Waals surface area contributed by atoms with E-state index in [1.165, 1.54) is 11.0 Å². The maximum Gasteiger partial charge on any atom is 0.417 e. The highest BCUT2D eigenvalue weighted by Gasteiger charge is 2.57. The van der Waals surface area contributed by atoms with Crippen LogP contribution in [0.5, 0.6) is 0 Å². The van der Waals surface area contributed by atoms with Gasteiger partial charge in [0.15, 0.2) is 0 Å². The van der Waals surface area contributed by atoms with Gasteiger partial charge in [0.05, 0.1) is 23.1 Å². The Morgan fingerprint density at radius 2 is 1.90 bits per heavy atom. The van der Waals surface area contributed by atoms with Gasteiger partial charge in [-0.2, -0.15) is 13.2 Å². The number of benzene rings is 1. The van der Waals surface area contributed by atoms with Crippen molar-refractivity contribution in [3.63, 3.8) is 0 Å². The Morgan fingerprint density at radius 1 is 1.27 bits per heavy atom. The minimum absolute atomic E-state index is 0.0531. The van der Waals surface area contributed by atoms with Gasteiger partial charge in [0.1, 0.15) is 5.54 Å². The van der Waals surface area contributed by atoms with Crippen LogP contribution in [0.1, 0.15) is 36.0 Å². The van der Waals surface area contributed by atoms with E-state index in [-0.39, 0.29) is 25.4 Å². The molecule has 2 heterocycles. The summed E-state index contributed by atoms with van der Waals surface area (Å²) in [6.07, 6.45) is -3.25. The molecule has 2 atom stereocenters. The smallest absolute Gasteiger partial charge is 0.396 e. The van der Waals surface area contributed by atoms with Crippen LogP contribution in [0.15, 0.2) is 12.1 Å². The van der Waals surface area contributed by atoms with Crippen molar-refractivity contribution in [2.45, 2.75) is 44.1 Å². The average Bonchev–Trinajstić information content (AvgIpc) is 3.36. The summed E-state index contributed by atoms with van der Waals surface area (Å²) in [5, 5.41) is 14.2. The molecule has 1 unspecified atom stereocenters. The molecule has 1 aromatic rings. The van der Waals surface area contributed by atoms with E-state index in [9.17, 15) is 32.7 Å². The lowest BCUT2D eigenvalue weighted by atomic mass is 9.82. The van der Waals surface area contributed by atoms with Crippen molar-refractivity contribution in [2.75, 3.05) is 6.61 Å². The fourth-order valence-electron chi connectivity index (χ4n) is 4.35. The van der Waals surface area contributed by atoms with E-state index in [1.807, 2.05) is 0 Å². The highest BCUT2D eigenvalue weighted by atomic mass is 35.5. The monoisotopic (exact) mass is 445 g/mol. The number of halogens is 4. The van der Waals surface area contributed by atoms with Crippen molar-refractivity contribution in [2.24, 2.45) is 11.8 Å². The molecule has 3 N–H and O–H groups in total. The third-order valence-electron chi connectivity index (χ3n) is 6.01. The molecule has 1 aliphatic carbocycles. The fraction of sp³-hybridized carbons (Fsp3) is 0.526. The third kappa shape index (κ3) is 3.51. The van der Waals surface area contributed by atoms with Crippen molar-refractivity contribution in [1.29, 1.82) is 0 Å². The maximum absolute atomic E-state index is 13.1. The maximum atomic E-state index is 13.1. The molecule has 1 saturated heterocycles. The number of nitrogens with one attached hydrogen (secondary N) is 2. The first-order valence-electron chi connectivity index (χ1n) is 9.47. The molecule has 0 spiro atoms. The Balaban J connectivity index is 1.53. The van der Waals surface area contributed by atoms with Crippen LogP contribution in [-0.2, 0) is 28.9 Å². The van der Waals surface area contributed by atoms with Crippen molar-refractivity contribution in [1.82, 2.24) is 15.5 Å². The van der Waals surface area contributed by atoms with Gasteiger partial charge in [-0.15, -0.1) is 0 Å². The van der Waals surface area contributed by atoms with E-state index in [1.54, 1.807) is 0 Å². The SMILES string of the molecule is O=C1NC(=O)[C@@](CC(CO)C(=O)N2Cc3cc(Cl)c(C(F)(F)F)cc3C2)(C2CC2)N1. The van der Waals surface area contributed by atoms with Crippen LogP contribution in [0.25, 0.3) is 0 Å². The van der Waals surface area contributed by atoms with Crippen LogP contribution >= 0.6 is 11.6 Å². The van der Waals surface area contributed by atoms with Crippen LogP contribution in [-0.4, -0.2) is 40.0 Å². The van der Waals surface area contributed by atoms with Crippen molar-refractivity contribution in [3.8, 4) is 0 Å². The van der Waals surface area contributed by atoms with E-state index < -0.39 is 52.7 Å². The zero-order valence-corrected chi connectivity index (χ0v) is 16.4. The summed E-state index contributed by atoms with van der Waals surface area (Å²) >= 11 is 5.76. The lowest BCUT2D eigenvalue weighted by Gasteiger charge is -2.31. The highest BCUT2D eigenvalue weighted by molar-refractivity contribution is 6.31. The first-order chi connectivity index (χ1) is 14.0. The second-order valence-corrected chi connectivity index (χ2v) is 8.44. The van der Waals surface area contributed by atoms with Crippen LogP contribution in [0.4, 0.5) is 18.0 Å². The second-order valence-electron chi connectivity index (χ2n) is 8.03. The molecule has 30 heavy (non-hydrogen) atoms. The molecule has 1 saturated carbocycles. The van der Waals surface area contributed by atoms with Crippen LogP contribution < -0.4 is 10.6 Å². The summed E-state index contributed by atoms with van der Waals surface area (Å²) in [5.74, 6) is -2.11. The standard InChI is InChI=1S/C19H19ClF3N3O4/c20-14-4-10-7-26(6-9(10)3-13(14)19(21,22)23)15(28)11(8-27)5-18(12-1-2-12)16(29)24-17(30)25-18/h3-4,11-12,27H,1-2,5-8H2,(H2,24,25,29,30)/t11?,18-/m1/s1. The van der Waals surface area contributed by atoms with E-state index in [0.717, 1.165) is 6.07 Å². The number of aliphatic hydroxyl groups is 1. The Bertz CT molecular complexity index is 934. The van der Waals surface area contributed by atoms with Gasteiger partial charge in [-0.3, -0.25) is 14.9 Å². The van der Waals surface area contributed by atoms with Crippen molar-refractivity contribution >= 4 is 29.4 Å². The number of fused-ring (bicyclic) bond motifs is 1. The summed E-state index contributed by atoms with van der Waals surface area (Å²) in [5.41, 5.74) is -1.38. The molecule has 2 aliphatic heterocycles. The predicted octanol–water partition coefficient (Wildman–Crippen LogP) is 2.19. The number of carbonyl (C=O) groups is 3. The number of amides is 4. The average molecular weight is 446 g/mol. The molecule has 11 heteroatoms. The molecular formula is C19H19ClF3N3O4. The normalized spacial score (nSPS) is 24.5. The van der Waals surface area contributed by atoms with Gasteiger partial charge in [-0.05, 0) is 48.4 Å². The highest BCUT2D eigenvalue weighted by Crippen LogP contribution is 2.45. The summed E-state index contributed by atoms with van der Waals surface area (Å²) < 4.78 is 39.3. The molecule has 0 radical (unpaired) electrons. The number of carbonyl (C=O) groups excluding carboxylic acids is 3. The first kappa shape index (κ1) is 20.9. The Hall–Kier alpha value is -2.33. The predicted molar refractivity (Wildman–Crippen MR) is 98.0 cm³/mol. The van der Waals surface area contributed by atoms with E-state index in [2.05, 4.69) is 10.6 Å². The third-order valence-corrected chi connectivity index (χ3v) is 6.32.